The van der Waals surface area contributed by atoms with Crippen LogP contribution < -0.4 is 5.32 Å². The lowest BCUT2D eigenvalue weighted by Gasteiger charge is -2.20. The van der Waals surface area contributed by atoms with Crippen molar-refractivity contribution in [2.75, 3.05) is 19.6 Å². The molecule has 150 valence electrons. The Morgan fingerprint density at radius 2 is 2.11 bits per heavy atom. The van der Waals surface area contributed by atoms with E-state index in [0.29, 0.717) is 53.2 Å². The number of rotatable bonds is 7. The maximum absolute atomic E-state index is 12.1. The molecule has 1 aromatic heterocycles. The van der Waals surface area contributed by atoms with E-state index in [0.717, 1.165) is 25.8 Å². The topological polar surface area (TPSA) is 75.4 Å². The Balaban J connectivity index is 1.43. The number of halogens is 2. The molecule has 8 heteroatoms. The second kappa shape index (κ2) is 9.94. The number of hydrogen-bond donors (Lipinski definition) is 1. The van der Waals surface area contributed by atoms with Crippen LogP contribution in [0.15, 0.2) is 28.8 Å². The number of aryl methyl sites for hydroxylation is 1. The van der Waals surface area contributed by atoms with Crippen molar-refractivity contribution < 1.29 is 14.0 Å². The van der Waals surface area contributed by atoms with Crippen LogP contribution in [0.25, 0.3) is 11.3 Å². The van der Waals surface area contributed by atoms with Gasteiger partial charge in [0.15, 0.2) is 11.7 Å². The van der Waals surface area contributed by atoms with Crippen LogP contribution in [0.3, 0.4) is 0 Å². The smallest absolute Gasteiger partial charge is 0.222 e. The van der Waals surface area contributed by atoms with Crippen molar-refractivity contribution in [2.45, 2.75) is 38.5 Å². The number of benzene rings is 1. The molecule has 0 unspecified atom stereocenters. The average molecular weight is 424 g/mol. The number of likely N-dealkylation sites (tertiary alicyclic amines) is 1. The van der Waals surface area contributed by atoms with Gasteiger partial charge in [-0.05, 0) is 31.0 Å². The summed E-state index contributed by atoms with van der Waals surface area (Å²) in [7, 11) is 0. The Bertz CT molecular complexity index is 838. The number of carbonyl (C=O) groups excluding carboxylic acids is 2. The van der Waals surface area contributed by atoms with Gasteiger partial charge in [0, 0.05) is 49.5 Å². The number of oxazole rings is 1. The molecule has 2 heterocycles. The molecule has 3 rings (SSSR count). The number of hydrogen-bond acceptors (Lipinski definition) is 4. The third kappa shape index (κ3) is 5.72. The van der Waals surface area contributed by atoms with E-state index in [2.05, 4.69) is 10.3 Å². The van der Waals surface area contributed by atoms with E-state index in [9.17, 15) is 9.59 Å². The standard InChI is InChI=1S/C20H23Cl2N3O3/c21-14-5-6-15(16(22)12-14)17-13-24-19(28-17)8-7-18(26)23-9-11-25-10-3-1-2-4-20(25)27/h5-6,12-13H,1-4,7-11H2,(H,23,26). The average Bonchev–Trinajstić information content (AvgIpc) is 3.03. The summed E-state index contributed by atoms with van der Waals surface area (Å²) >= 11 is 12.1. The van der Waals surface area contributed by atoms with Crippen LogP contribution in [0.2, 0.25) is 10.0 Å². The Morgan fingerprint density at radius 1 is 1.25 bits per heavy atom. The summed E-state index contributed by atoms with van der Waals surface area (Å²) in [6.45, 7) is 1.80. The molecule has 1 N–H and O–H groups in total. The second-order valence-corrected chi connectivity index (χ2v) is 7.63. The molecule has 1 fully saturated rings. The van der Waals surface area contributed by atoms with Crippen LogP contribution >= 0.6 is 23.2 Å². The molecule has 0 spiro atoms. The van der Waals surface area contributed by atoms with E-state index in [4.69, 9.17) is 27.6 Å². The van der Waals surface area contributed by atoms with E-state index in [-0.39, 0.29) is 18.2 Å². The van der Waals surface area contributed by atoms with Crippen LogP contribution in [0.5, 0.6) is 0 Å². The summed E-state index contributed by atoms with van der Waals surface area (Å²) in [5, 5.41) is 3.89. The highest BCUT2D eigenvalue weighted by molar-refractivity contribution is 6.36. The first-order valence-electron chi connectivity index (χ1n) is 9.47. The van der Waals surface area contributed by atoms with Gasteiger partial charge in [0.05, 0.1) is 11.2 Å². The first kappa shape index (κ1) is 20.7. The highest BCUT2D eigenvalue weighted by atomic mass is 35.5. The second-order valence-electron chi connectivity index (χ2n) is 6.78. The zero-order chi connectivity index (χ0) is 19.9. The maximum Gasteiger partial charge on any atom is 0.222 e. The van der Waals surface area contributed by atoms with Crippen LogP contribution in [-0.2, 0) is 16.0 Å². The summed E-state index contributed by atoms with van der Waals surface area (Å²) in [5.74, 6) is 1.10. The van der Waals surface area contributed by atoms with Crippen LogP contribution in [0.1, 0.15) is 38.0 Å². The molecule has 0 saturated carbocycles. The monoisotopic (exact) mass is 423 g/mol. The molecule has 1 aromatic carbocycles. The van der Waals surface area contributed by atoms with Crippen molar-refractivity contribution in [3.8, 4) is 11.3 Å². The lowest BCUT2D eigenvalue weighted by molar-refractivity contribution is -0.131. The fourth-order valence-electron chi connectivity index (χ4n) is 3.15. The number of nitrogens with one attached hydrogen (secondary N) is 1. The molecule has 0 bridgehead atoms. The number of amides is 2. The van der Waals surface area contributed by atoms with E-state index in [1.807, 2.05) is 4.90 Å². The van der Waals surface area contributed by atoms with E-state index >= 15 is 0 Å². The number of nitrogens with zero attached hydrogens (tertiary/aromatic N) is 2. The van der Waals surface area contributed by atoms with E-state index < -0.39 is 0 Å². The SMILES string of the molecule is O=C(CCc1ncc(-c2ccc(Cl)cc2Cl)o1)NCCN1CCCCCC1=O. The molecule has 1 aliphatic rings. The zero-order valence-corrected chi connectivity index (χ0v) is 17.1. The molecule has 0 radical (unpaired) electrons. The quantitative estimate of drug-likeness (QED) is 0.726. The van der Waals surface area contributed by atoms with Crippen molar-refractivity contribution in [3.05, 3.63) is 40.3 Å². The molecular weight excluding hydrogens is 401 g/mol. The highest BCUT2D eigenvalue weighted by Gasteiger charge is 2.16. The molecule has 6 nitrogen and oxygen atoms in total. The van der Waals surface area contributed by atoms with Gasteiger partial charge in [-0.15, -0.1) is 0 Å². The van der Waals surface area contributed by atoms with Gasteiger partial charge in [0.2, 0.25) is 11.8 Å². The normalized spacial score (nSPS) is 14.8. The van der Waals surface area contributed by atoms with Crippen molar-refractivity contribution in [1.82, 2.24) is 15.2 Å². The Morgan fingerprint density at radius 3 is 2.93 bits per heavy atom. The van der Waals surface area contributed by atoms with Gasteiger partial charge in [-0.3, -0.25) is 9.59 Å². The molecule has 0 atom stereocenters. The van der Waals surface area contributed by atoms with Crippen LogP contribution in [-0.4, -0.2) is 41.3 Å². The minimum atomic E-state index is -0.0912. The summed E-state index contributed by atoms with van der Waals surface area (Å²) in [5.41, 5.74) is 0.705. The molecule has 1 saturated heterocycles. The molecule has 1 aliphatic heterocycles. The van der Waals surface area contributed by atoms with Gasteiger partial charge in [-0.2, -0.15) is 0 Å². The zero-order valence-electron chi connectivity index (χ0n) is 15.5. The fourth-order valence-corrected chi connectivity index (χ4v) is 3.66. The van der Waals surface area contributed by atoms with Gasteiger partial charge < -0.3 is 14.6 Å². The third-order valence-electron chi connectivity index (χ3n) is 4.69. The Kier molecular flexibility index (Phi) is 7.34. The Labute approximate surface area is 174 Å². The summed E-state index contributed by atoms with van der Waals surface area (Å²) < 4.78 is 5.70. The molecule has 2 amide bonds. The molecule has 2 aromatic rings. The maximum atomic E-state index is 12.1. The van der Waals surface area contributed by atoms with Gasteiger partial charge in [-0.1, -0.05) is 29.6 Å². The van der Waals surface area contributed by atoms with Crippen LogP contribution in [0.4, 0.5) is 0 Å². The van der Waals surface area contributed by atoms with Gasteiger partial charge in [0.1, 0.15) is 0 Å². The lowest BCUT2D eigenvalue weighted by Crippen LogP contribution is -2.38. The lowest BCUT2D eigenvalue weighted by atomic mass is 10.2. The van der Waals surface area contributed by atoms with Gasteiger partial charge >= 0.3 is 0 Å². The third-order valence-corrected chi connectivity index (χ3v) is 5.24. The number of aromatic nitrogens is 1. The minimum absolute atomic E-state index is 0.0912. The largest absolute Gasteiger partial charge is 0.441 e. The predicted molar refractivity (Wildman–Crippen MR) is 108 cm³/mol. The first-order chi connectivity index (χ1) is 13.5. The van der Waals surface area contributed by atoms with Gasteiger partial charge in [0.25, 0.3) is 0 Å². The summed E-state index contributed by atoms with van der Waals surface area (Å²) in [6, 6.07) is 5.14. The van der Waals surface area contributed by atoms with E-state index in [1.54, 1.807) is 24.4 Å². The van der Waals surface area contributed by atoms with E-state index in [1.165, 1.54) is 0 Å². The van der Waals surface area contributed by atoms with Crippen molar-refractivity contribution in [3.63, 3.8) is 0 Å². The molecule has 28 heavy (non-hydrogen) atoms. The summed E-state index contributed by atoms with van der Waals surface area (Å²) in [4.78, 5) is 30.0. The molecular formula is C20H23Cl2N3O3. The van der Waals surface area contributed by atoms with Crippen molar-refractivity contribution in [2.24, 2.45) is 0 Å². The molecule has 0 aliphatic carbocycles. The minimum Gasteiger partial charge on any atom is -0.441 e. The summed E-state index contributed by atoms with van der Waals surface area (Å²) in [6.07, 6.45) is 5.94. The first-order valence-corrected chi connectivity index (χ1v) is 10.2. The van der Waals surface area contributed by atoms with Gasteiger partial charge in [-0.25, -0.2) is 4.98 Å². The highest BCUT2D eigenvalue weighted by Crippen LogP contribution is 2.30. The predicted octanol–water partition coefficient (Wildman–Crippen LogP) is 4.10. The van der Waals surface area contributed by atoms with Crippen molar-refractivity contribution >= 4 is 35.0 Å². The Hall–Kier alpha value is -2.05. The van der Waals surface area contributed by atoms with Crippen molar-refractivity contribution in [1.29, 1.82) is 0 Å². The fraction of sp³-hybridized carbons (Fsp3) is 0.450. The van der Waals surface area contributed by atoms with Crippen LogP contribution in [0, 0.1) is 0 Å². The number of carbonyl (C=O) groups is 2.